The zero-order chi connectivity index (χ0) is 36.9. The Balaban J connectivity index is 1.22. The standard InChI is InChI=1S/C54H48/c1-31-20-23-39-41(26-31)51(33-22-25-38-35-15-9-12-18-45(35)53(4,5)48(38)28-33)42-29-40-36-16-10-13-19-46(36)54(6,7)49(40)30-43(42)50(39)32-21-24-37-34-14-8-11-17-44(34)52(2,3)47(37)27-32/h8-20,22-25,27-32H,21,26H2,1-7H3. The van der Waals surface area contributed by atoms with Crippen molar-refractivity contribution in [2.24, 2.45) is 5.92 Å². The second-order valence-corrected chi connectivity index (χ2v) is 18.5. The van der Waals surface area contributed by atoms with Crippen LogP contribution in [0.25, 0.3) is 55.8 Å². The van der Waals surface area contributed by atoms with Crippen molar-refractivity contribution >= 4 is 22.4 Å². The molecule has 54 heavy (non-hydrogen) atoms. The molecule has 0 heteroatoms. The molecule has 0 aromatic heterocycles. The number of hydrogen-bond acceptors (Lipinski definition) is 0. The van der Waals surface area contributed by atoms with Crippen LogP contribution in [0, 0.1) is 5.92 Å². The first-order valence-corrected chi connectivity index (χ1v) is 20.2. The average Bonchev–Trinajstić information content (AvgIpc) is 3.65. The molecule has 11 rings (SSSR count). The monoisotopic (exact) mass is 696 g/mol. The van der Waals surface area contributed by atoms with Crippen LogP contribution in [-0.2, 0) is 22.7 Å². The summed E-state index contributed by atoms with van der Waals surface area (Å²) < 4.78 is 0. The Morgan fingerprint density at radius 2 is 1.15 bits per heavy atom. The maximum absolute atomic E-state index is 2.68. The van der Waals surface area contributed by atoms with Gasteiger partial charge in [0, 0.05) is 22.2 Å². The van der Waals surface area contributed by atoms with Gasteiger partial charge in [-0.25, -0.2) is 0 Å². The Labute approximate surface area is 321 Å². The van der Waals surface area contributed by atoms with Gasteiger partial charge in [0.05, 0.1) is 0 Å². The number of hydrogen-bond donors (Lipinski definition) is 0. The summed E-state index contributed by atoms with van der Waals surface area (Å²) in [6, 6.07) is 40.0. The third-order valence-corrected chi connectivity index (χ3v) is 14.4. The van der Waals surface area contributed by atoms with Gasteiger partial charge in [0.25, 0.3) is 0 Å². The van der Waals surface area contributed by atoms with E-state index in [1.54, 1.807) is 0 Å². The summed E-state index contributed by atoms with van der Waals surface area (Å²) in [5.74, 6) is 0.768. The smallest absolute Gasteiger partial charge is 0.0159 e. The fourth-order valence-corrected chi connectivity index (χ4v) is 11.5. The van der Waals surface area contributed by atoms with Crippen molar-refractivity contribution in [1.82, 2.24) is 0 Å². The van der Waals surface area contributed by atoms with E-state index in [1.165, 1.54) is 105 Å². The Hall–Kier alpha value is -5.20. The molecule has 0 radical (unpaired) electrons. The quantitative estimate of drug-likeness (QED) is 0.169. The molecular formula is C54H48. The van der Waals surface area contributed by atoms with Crippen LogP contribution in [0.4, 0.5) is 0 Å². The summed E-state index contributed by atoms with van der Waals surface area (Å²) in [5.41, 5.74) is 24.3. The van der Waals surface area contributed by atoms with Crippen molar-refractivity contribution in [2.75, 3.05) is 0 Å². The predicted octanol–water partition coefficient (Wildman–Crippen LogP) is 14.1. The maximum atomic E-state index is 2.68. The van der Waals surface area contributed by atoms with E-state index in [1.807, 2.05) is 0 Å². The van der Waals surface area contributed by atoms with Crippen LogP contribution in [0.2, 0.25) is 0 Å². The minimum absolute atomic E-state index is 0.0268. The fraction of sp³-hybridized carbons (Fsp3) is 0.259. The Morgan fingerprint density at radius 1 is 0.556 bits per heavy atom. The first kappa shape index (κ1) is 32.2. The summed E-state index contributed by atoms with van der Waals surface area (Å²) in [6.07, 6.45) is 12.3. The van der Waals surface area contributed by atoms with Crippen LogP contribution in [0.1, 0.15) is 111 Å². The first-order chi connectivity index (χ1) is 26.0. The van der Waals surface area contributed by atoms with Gasteiger partial charge in [-0.15, -0.1) is 0 Å². The molecule has 0 spiro atoms. The second kappa shape index (κ2) is 10.7. The highest BCUT2D eigenvalue weighted by molar-refractivity contribution is 6.08. The summed E-state index contributed by atoms with van der Waals surface area (Å²) in [6.45, 7) is 16.9. The van der Waals surface area contributed by atoms with Crippen molar-refractivity contribution in [3.63, 3.8) is 0 Å². The minimum Gasteiger partial charge on any atom is -0.0807 e. The van der Waals surface area contributed by atoms with E-state index in [0.29, 0.717) is 11.8 Å². The van der Waals surface area contributed by atoms with E-state index >= 15 is 0 Å². The van der Waals surface area contributed by atoms with E-state index in [4.69, 9.17) is 0 Å². The van der Waals surface area contributed by atoms with Crippen LogP contribution >= 0.6 is 0 Å². The molecule has 0 N–H and O–H groups in total. The van der Waals surface area contributed by atoms with Gasteiger partial charge >= 0.3 is 0 Å². The molecule has 2 unspecified atom stereocenters. The molecule has 0 nitrogen and oxygen atoms in total. The van der Waals surface area contributed by atoms with Crippen molar-refractivity contribution in [3.8, 4) is 33.4 Å². The zero-order valence-corrected chi connectivity index (χ0v) is 32.7. The first-order valence-electron chi connectivity index (χ1n) is 20.2. The maximum Gasteiger partial charge on any atom is 0.0159 e. The van der Waals surface area contributed by atoms with E-state index in [9.17, 15) is 0 Å². The summed E-state index contributed by atoms with van der Waals surface area (Å²) >= 11 is 0. The lowest BCUT2D eigenvalue weighted by Crippen LogP contribution is -2.18. The van der Waals surface area contributed by atoms with Crippen molar-refractivity contribution in [1.29, 1.82) is 0 Å². The third kappa shape index (κ3) is 4.10. The molecule has 0 amide bonds. The van der Waals surface area contributed by atoms with Crippen LogP contribution in [0.5, 0.6) is 0 Å². The van der Waals surface area contributed by atoms with Crippen molar-refractivity contribution in [3.05, 3.63) is 177 Å². The highest BCUT2D eigenvalue weighted by atomic mass is 14.5. The highest BCUT2D eigenvalue weighted by Crippen LogP contribution is 2.57. The van der Waals surface area contributed by atoms with Crippen LogP contribution in [-0.4, -0.2) is 0 Å². The van der Waals surface area contributed by atoms with Gasteiger partial charge in [0.15, 0.2) is 0 Å². The number of rotatable bonds is 2. The van der Waals surface area contributed by atoms with Gasteiger partial charge < -0.3 is 0 Å². The summed E-state index contributed by atoms with van der Waals surface area (Å²) in [7, 11) is 0. The van der Waals surface area contributed by atoms with Crippen molar-refractivity contribution < 1.29 is 0 Å². The van der Waals surface area contributed by atoms with Crippen LogP contribution in [0.15, 0.2) is 127 Å². The van der Waals surface area contributed by atoms with E-state index < -0.39 is 0 Å². The van der Waals surface area contributed by atoms with Crippen LogP contribution < -0.4 is 0 Å². The lowest BCUT2D eigenvalue weighted by Gasteiger charge is -2.32. The zero-order valence-electron chi connectivity index (χ0n) is 32.7. The molecule has 0 saturated carbocycles. The number of fused-ring (bicyclic) bond motifs is 11. The topological polar surface area (TPSA) is 0 Å². The molecule has 0 bridgehead atoms. The minimum atomic E-state index is -0.0750. The molecule has 6 aromatic carbocycles. The van der Waals surface area contributed by atoms with Gasteiger partial charge in [0.1, 0.15) is 0 Å². The third-order valence-electron chi connectivity index (χ3n) is 14.4. The number of allylic oxidation sites excluding steroid dienone is 5. The van der Waals surface area contributed by atoms with Gasteiger partial charge in [-0.2, -0.15) is 0 Å². The average molecular weight is 697 g/mol. The van der Waals surface area contributed by atoms with E-state index in [0.717, 1.165) is 12.8 Å². The Bertz CT molecular complexity index is 2750. The molecule has 5 aliphatic rings. The van der Waals surface area contributed by atoms with Gasteiger partial charge in [-0.3, -0.25) is 0 Å². The van der Waals surface area contributed by atoms with E-state index in [-0.39, 0.29) is 16.2 Å². The molecule has 2 atom stereocenters. The Kier molecular flexibility index (Phi) is 6.41. The van der Waals surface area contributed by atoms with Crippen LogP contribution in [0.3, 0.4) is 0 Å². The fourth-order valence-electron chi connectivity index (χ4n) is 11.5. The SMILES string of the molecule is CC1C=Cc2c(c(-c3ccc4c(c3)C(C)(C)c3ccccc3-4)c3cc4c(cc3c2C2C=C3C(=CC2)c2ccccc2C3(C)C)C(C)(C)c2ccccc2-4)C1. The molecule has 5 aliphatic carbocycles. The summed E-state index contributed by atoms with van der Waals surface area (Å²) in [4.78, 5) is 0. The molecule has 264 valence electrons. The molecular weight excluding hydrogens is 649 g/mol. The molecule has 0 saturated heterocycles. The molecule has 0 fully saturated rings. The second-order valence-electron chi connectivity index (χ2n) is 18.5. The van der Waals surface area contributed by atoms with Gasteiger partial charge in [-0.05, 0) is 142 Å². The molecule has 6 aromatic rings. The summed E-state index contributed by atoms with van der Waals surface area (Å²) in [5, 5.41) is 2.84. The normalized spacial score (nSPS) is 21.3. The van der Waals surface area contributed by atoms with Gasteiger partial charge in [0.2, 0.25) is 0 Å². The lowest BCUT2D eigenvalue weighted by molar-refractivity contribution is 0.648. The predicted molar refractivity (Wildman–Crippen MR) is 229 cm³/mol. The molecule has 0 aliphatic heterocycles. The lowest BCUT2D eigenvalue weighted by atomic mass is 9.71. The van der Waals surface area contributed by atoms with Crippen molar-refractivity contribution in [2.45, 2.75) is 83.5 Å². The largest absolute Gasteiger partial charge is 0.0807 e. The van der Waals surface area contributed by atoms with E-state index in [2.05, 4.69) is 176 Å². The highest BCUT2D eigenvalue weighted by Gasteiger charge is 2.42. The van der Waals surface area contributed by atoms with Gasteiger partial charge in [-0.1, -0.05) is 158 Å². The number of benzene rings is 6. The Morgan fingerprint density at radius 3 is 1.85 bits per heavy atom. The molecule has 0 heterocycles.